The Hall–Kier alpha value is -3.18. The Labute approximate surface area is 229 Å². The van der Waals surface area contributed by atoms with Gasteiger partial charge in [-0.15, -0.1) is 0 Å². The van der Waals surface area contributed by atoms with Crippen LogP contribution in [0.5, 0.6) is 17.2 Å². The average molecular weight is 598 g/mol. The molecule has 0 aromatic heterocycles. The molecule has 0 fully saturated rings. The van der Waals surface area contributed by atoms with Gasteiger partial charge in [0.15, 0.2) is 0 Å². The first-order valence-electron chi connectivity index (χ1n) is 9.50. The molecule has 0 atom stereocenters. The van der Waals surface area contributed by atoms with Crippen molar-refractivity contribution in [3.63, 3.8) is 0 Å². The van der Waals surface area contributed by atoms with Crippen LogP contribution in [0.15, 0.2) is 91.0 Å². The Morgan fingerprint density at radius 2 is 0.676 bits per heavy atom. The van der Waals surface area contributed by atoms with Crippen molar-refractivity contribution in [1.82, 2.24) is 0 Å². The summed E-state index contributed by atoms with van der Waals surface area (Å²) in [5.41, 5.74) is 0. The van der Waals surface area contributed by atoms with Crippen LogP contribution in [-0.4, -0.2) is 37.7 Å². The second-order valence-corrected chi connectivity index (χ2v) is 5.92. The SMILES string of the molecule is O=C([O-])COc1ccccc1.O=C([O-])COc1ccccc1.O=C([O-])COc1ccccc1.[Nd+3]. The molecule has 0 spiro atoms. The molecule has 9 nitrogen and oxygen atoms in total. The van der Waals surface area contributed by atoms with E-state index in [9.17, 15) is 29.7 Å². The summed E-state index contributed by atoms with van der Waals surface area (Å²) in [6.45, 7) is -1.20. The average Bonchev–Trinajstić information content (AvgIpc) is 2.83. The monoisotopic (exact) mass is 595 g/mol. The van der Waals surface area contributed by atoms with Crippen molar-refractivity contribution in [2.24, 2.45) is 0 Å². The first kappa shape index (κ1) is 30.8. The van der Waals surface area contributed by atoms with E-state index in [0.717, 1.165) is 0 Å². The second-order valence-electron chi connectivity index (χ2n) is 5.92. The van der Waals surface area contributed by atoms with Gasteiger partial charge in [-0.25, -0.2) is 0 Å². The maximum atomic E-state index is 9.94. The number of ether oxygens (including phenoxy) is 3. The van der Waals surface area contributed by atoms with Gasteiger partial charge in [0.05, 0.1) is 17.9 Å². The predicted molar refractivity (Wildman–Crippen MR) is 111 cm³/mol. The van der Waals surface area contributed by atoms with Crippen molar-refractivity contribution in [1.29, 1.82) is 0 Å². The topological polar surface area (TPSA) is 148 Å². The van der Waals surface area contributed by atoms with Crippen LogP contribution in [-0.2, 0) is 14.4 Å². The fourth-order valence-electron chi connectivity index (χ4n) is 1.98. The molecule has 0 unspecified atom stereocenters. The molecule has 0 aliphatic rings. The smallest absolute Gasteiger partial charge is 0.546 e. The molecule has 10 heteroatoms. The molecule has 0 N–H and O–H groups in total. The minimum absolute atomic E-state index is 0. The van der Waals surface area contributed by atoms with Crippen LogP contribution < -0.4 is 29.5 Å². The fourth-order valence-corrected chi connectivity index (χ4v) is 1.98. The molecule has 175 valence electrons. The Bertz CT molecular complexity index is 825. The molecule has 0 aliphatic carbocycles. The minimum Gasteiger partial charge on any atom is -0.546 e. The summed E-state index contributed by atoms with van der Waals surface area (Å²) in [6, 6.07) is 26.2. The molecule has 0 bridgehead atoms. The van der Waals surface area contributed by atoms with Gasteiger partial charge in [-0.1, -0.05) is 54.6 Å². The molecular formula is C24H21NdO9. The van der Waals surface area contributed by atoms with E-state index in [-0.39, 0.29) is 40.8 Å². The van der Waals surface area contributed by atoms with Gasteiger partial charge in [0.1, 0.15) is 37.1 Å². The number of hydrogen-bond acceptors (Lipinski definition) is 9. The zero-order chi connectivity index (χ0) is 24.3. The molecule has 3 aromatic carbocycles. The van der Waals surface area contributed by atoms with E-state index in [4.69, 9.17) is 14.2 Å². The standard InChI is InChI=1S/3C8H8O3.Nd/c3*9-8(10)6-11-7-4-2-1-3-5-7;/h3*1-5H,6H2,(H,9,10);/q;;;+3/p-3. The normalized spacial score (nSPS) is 8.82. The molecule has 0 heterocycles. The van der Waals surface area contributed by atoms with E-state index in [2.05, 4.69) is 0 Å². The maximum absolute atomic E-state index is 9.94. The summed E-state index contributed by atoms with van der Waals surface area (Å²) >= 11 is 0. The first-order chi connectivity index (χ1) is 15.9. The predicted octanol–water partition coefficient (Wildman–Crippen LogP) is -0.554. The van der Waals surface area contributed by atoms with Crippen molar-refractivity contribution < 1.29 is 84.8 Å². The van der Waals surface area contributed by atoms with Crippen LogP contribution in [0.3, 0.4) is 0 Å². The van der Waals surface area contributed by atoms with Crippen LogP contribution in [0, 0.1) is 40.8 Å². The van der Waals surface area contributed by atoms with Crippen molar-refractivity contribution in [3.8, 4) is 17.2 Å². The zero-order valence-electron chi connectivity index (χ0n) is 18.0. The van der Waals surface area contributed by atoms with Gasteiger partial charge in [0, 0.05) is 0 Å². The summed E-state index contributed by atoms with van der Waals surface area (Å²) in [5.74, 6) is -2.03. The molecule has 3 aromatic rings. The number of carboxylic acids is 3. The van der Waals surface area contributed by atoms with E-state index in [1.807, 2.05) is 18.2 Å². The summed E-state index contributed by atoms with van der Waals surface area (Å²) in [7, 11) is 0. The van der Waals surface area contributed by atoms with Gasteiger partial charge in [-0.2, -0.15) is 0 Å². The molecule has 0 aliphatic heterocycles. The largest absolute Gasteiger partial charge is 3.00 e. The Kier molecular flexibility index (Phi) is 17.5. The van der Waals surface area contributed by atoms with Crippen LogP contribution in [0.25, 0.3) is 0 Å². The number of hydrogen-bond donors (Lipinski definition) is 0. The summed E-state index contributed by atoms with van der Waals surface area (Å²) in [4.78, 5) is 29.8. The van der Waals surface area contributed by atoms with Crippen LogP contribution in [0.1, 0.15) is 0 Å². The van der Waals surface area contributed by atoms with Gasteiger partial charge in [-0.3, -0.25) is 0 Å². The van der Waals surface area contributed by atoms with E-state index in [1.54, 1.807) is 72.8 Å². The molecule has 3 rings (SSSR count). The van der Waals surface area contributed by atoms with Crippen molar-refractivity contribution in [2.75, 3.05) is 19.8 Å². The summed E-state index contributed by atoms with van der Waals surface area (Å²) < 4.78 is 14.4. The second kappa shape index (κ2) is 19.3. The van der Waals surface area contributed by atoms with E-state index in [0.29, 0.717) is 17.2 Å². The molecular weight excluding hydrogens is 576 g/mol. The Balaban J connectivity index is 0.000000473. The van der Waals surface area contributed by atoms with E-state index in [1.165, 1.54) is 0 Å². The van der Waals surface area contributed by atoms with Gasteiger partial charge in [0.25, 0.3) is 0 Å². The minimum atomic E-state index is -1.21. The van der Waals surface area contributed by atoms with Crippen LogP contribution in [0.4, 0.5) is 0 Å². The van der Waals surface area contributed by atoms with Crippen molar-refractivity contribution in [2.45, 2.75) is 0 Å². The Morgan fingerprint density at radius 1 is 0.471 bits per heavy atom. The number of benzene rings is 3. The summed E-state index contributed by atoms with van der Waals surface area (Å²) in [5, 5.41) is 29.8. The molecule has 1 radical (unpaired) electrons. The van der Waals surface area contributed by atoms with Crippen molar-refractivity contribution >= 4 is 17.9 Å². The third kappa shape index (κ3) is 17.4. The molecule has 0 saturated carbocycles. The number of carboxylic acid groups (broad SMARTS) is 3. The third-order valence-electron chi connectivity index (χ3n) is 3.30. The first-order valence-corrected chi connectivity index (χ1v) is 9.50. The van der Waals surface area contributed by atoms with Crippen LogP contribution in [0.2, 0.25) is 0 Å². The molecule has 0 saturated heterocycles. The number of rotatable bonds is 9. The quantitative estimate of drug-likeness (QED) is 0.317. The number of para-hydroxylation sites is 3. The zero-order valence-corrected chi connectivity index (χ0v) is 21.2. The fraction of sp³-hybridized carbons (Fsp3) is 0.125. The molecule has 34 heavy (non-hydrogen) atoms. The third-order valence-corrected chi connectivity index (χ3v) is 3.30. The van der Waals surface area contributed by atoms with E-state index >= 15 is 0 Å². The van der Waals surface area contributed by atoms with Gasteiger partial charge in [-0.05, 0) is 36.4 Å². The number of carbonyl (C=O) groups is 3. The van der Waals surface area contributed by atoms with E-state index < -0.39 is 37.7 Å². The molecule has 0 amide bonds. The van der Waals surface area contributed by atoms with Gasteiger partial charge in [0.2, 0.25) is 0 Å². The number of aliphatic carboxylic acids is 3. The maximum Gasteiger partial charge on any atom is 3.00 e. The summed E-state index contributed by atoms with van der Waals surface area (Å²) in [6.07, 6.45) is 0. The Morgan fingerprint density at radius 3 is 0.853 bits per heavy atom. The van der Waals surface area contributed by atoms with Gasteiger partial charge < -0.3 is 43.9 Å². The number of carbonyl (C=O) groups excluding carboxylic acids is 3. The van der Waals surface area contributed by atoms with Crippen LogP contribution >= 0.6 is 0 Å². The van der Waals surface area contributed by atoms with Crippen molar-refractivity contribution in [3.05, 3.63) is 91.0 Å². The van der Waals surface area contributed by atoms with Gasteiger partial charge >= 0.3 is 40.8 Å².